The monoisotopic (exact) mass is 306 g/mol. The second-order valence-corrected chi connectivity index (χ2v) is 6.71. The van der Waals surface area contributed by atoms with E-state index in [1.807, 2.05) is 0 Å². The Morgan fingerprint density at radius 3 is 1.14 bits per heavy atom. The molecule has 0 atom stereocenters. The van der Waals surface area contributed by atoms with Crippen LogP contribution in [0.3, 0.4) is 0 Å². The van der Waals surface area contributed by atoms with E-state index in [1.165, 1.54) is 103 Å². The molecule has 0 bridgehead atoms. The third-order valence-corrected chi connectivity index (χ3v) is 4.45. The molecule has 0 N–H and O–H groups in total. The van der Waals surface area contributed by atoms with Crippen molar-refractivity contribution >= 4 is 0 Å². The van der Waals surface area contributed by atoms with Gasteiger partial charge in [0.1, 0.15) is 0 Å². The fourth-order valence-corrected chi connectivity index (χ4v) is 2.97. The Morgan fingerprint density at radius 1 is 0.409 bits per heavy atom. The molecule has 0 rings (SSSR count). The second kappa shape index (κ2) is 20.7. The SMILES string of the molecule is [CH2]CC=CCCCCCCCCCCCCCCCCC[CH2]. The Kier molecular flexibility index (Phi) is 20.5. The van der Waals surface area contributed by atoms with Crippen LogP contribution in [0.1, 0.15) is 116 Å². The van der Waals surface area contributed by atoms with Gasteiger partial charge in [0.25, 0.3) is 0 Å². The van der Waals surface area contributed by atoms with Gasteiger partial charge >= 0.3 is 0 Å². The van der Waals surface area contributed by atoms with E-state index in [2.05, 4.69) is 26.0 Å². The van der Waals surface area contributed by atoms with Crippen molar-refractivity contribution in [2.45, 2.75) is 116 Å². The first-order valence-electron chi connectivity index (χ1n) is 10.1. The molecule has 0 aliphatic heterocycles. The molecule has 0 nitrogen and oxygen atoms in total. The normalized spacial score (nSPS) is 11.5. The van der Waals surface area contributed by atoms with Crippen LogP contribution in [0.2, 0.25) is 0 Å². The molecule has 130 valence electrons. The molecule has 0 aromatic carbocycles. The largest absolute Gasteiger partial charge is 0.0885 e. The van der Waals surface area contributed by atoms with Gasteiger partial charge in [-0.25, -0.2) is 0 Å². The molecule has 0 aromatic heterocycles. The third-order valence-electron chi connectivity index (χ3n) is 4.45. The van der Waals surface area contributed by atoms with Crippen molar-refractivity contribution in [1.29, 1.82) is 0 Å². The van der Waals surface area contributed by atoms with Crippen LogP contribution in [0.25, 0.3) is 0 Å². The predicted octanol–water partition coefficient (Wildman–Crippen LogP) is 8.23. The van der Waals surface area contributed by atoms with E-state index in [9.17, 15) is 0 Å². The van der Waals surface area contributed by atoms with Crippen molar-refractivity contribution in [3.05, 3.63) is 26.0 Å². The predicted molar refractivity (Wildman–Crippen MR) is 103 cm³/mol. The lowest BCUT2D eigenvalue weighted by Crippen LogP contribution is -1.83. The van der Waals surface area contributed by atoms with Crippen LogP contribution in [0.15, 0.2) is 12.2 Å². The van der Waals surface area contributed by atoms with Gasteiger partial charge in [-0.05, 0) is 26.2 Å². The summed E-state index contributed by atoms with van der Waals surface area (Å²) in [6.07, 6.45) is 29.3. The molecule has 0 saturated carbocycles. The molecule has 0 aromatic rings. The zero-order valence-electron chi connectivity index (χ0n) is 15.3. The fraction of sp³-hybridized carbons (Fsp3) is 0.818. The maximum Gasteiger partial charge on any atom is -0.0351 e. The average molecular weight is 307 g/mol. The number of hydrogen-bond donors (Lipinski definition) is 0. The van der Waals surface area contributed by atoms with E-state index in [4.69, 9.17) is 0 Å². The number of unbranched alkanes of at least 4 members (excludes halogenated alkanes) is 16. The van der Waals surface area contributed by atoms with E-state index in [1.54, 1.807) is 0 Å². The minimum absolute atomic E-state index is 0.941. The maximum atomic E-state index is 3.90. The summed E-state index contributed by atoms with van der Waals surface area (Å²) in [6, 6.07) is 0. The Labute approximate surface area is 142 Å². The van der Waals surface area contributed by atoms with Crippen LogP contribution in [0.5, 0.6) is 0 Å². The molecule has 0 fully saturated rings. The molecule has 0 spiro atoms. The zero-order chi connectivity index (χ0) is 16.1. The molecule has 2 radical (unpaired) electrons. The van der Waals surface area contributed by atoms with Crippen LogP contribution >= 0.6 is 0 Å². The molecular weight excluding hydrogens is 264 g/mol. The summed E-state index contributed by atoms with van der Waals surface area (Å²) < 4.78 is 0. The van der Waals surface area contributed by atoms with Crippen LogP contribution in [-0.4, -0.2) is 0 Å². The summed E-state index contributed by atoms with van der Waals surface area (Å²) in [5, 5.41) is 0. The summed E-state index contributed by atoms with van der Waals surface area (Å²) >= 11 is 0. The lowest BCUT2D eigenvalue weighted by molar-refractivity contribution is 0.531. The van der Waals surface area contributed by atoms with Crippen molar-refractivity contribution in [1.82, 2.24) is 0 Å². The van der Waals surface area contributed by atoms with Gasteiger partial charge in [0.15, 0.2) is 0 Å². The first kappa shape index (κ1) is 21.7. The summed E-state index contributed by atoms with van der Waals surface area (Å²) in [4.78, 5) is 0. The minimum Gasteiger partial charge on any atom is -0.0885 e. The van der Waals surface area contributed by atoms with Crippen LogP contribution in [0, 0.1) is 13.8 Å². The Morgan fingerprint density at radius 2 is 0.773 bits per heavy atom. The van der Waals surface area contributed by atoms with E-state index in [-0.39, 0.29) is 0 Å². The van der Waals surface area contributed by atoms with Crippen molar-refractivity contribution < 1.29 is 0 Å². The van der Waals surface area contributed by atoms with Crippen LogP contribution < -0.4 is 0 Å². The van der Waals surface area contributed by atoms with E-state index < -0.39 is 0 Å². The minimum atomic E-state index is 0.941. The van der Waals surface area contributed by atoms with E-state index in [0.717, 1.165) is 12.8 Å². The fourth-order valence-electron chi connectivity index (χ4n) is 2.97. The Bertz CT molecular complexity index is 204. The molecule has 0 saturated heterocycles. The molecule has 0 heterocycles. The number of allylic oxidation sites excluding steroid dienone is 2. The van der Waals surface area contributed by atoms with Gasteiger partial charge in [-0.2, -0.15) is 0 Å². The maximum absolute atomic E-state index is 3.90. The van der Waals surface area contributed by atoms with Crippen LogP contribution in [-0.2, 0) is 0 Å². The van der Waals surface area contributed by atoms with Gasteiger partial charge in [-0.15, -0.1) is 0 Å². The topological polar surface area (TPSA) is 0 Å². The van der Waals surface area contributed by atoms with Crippen molar-refractivity contribution in [3.63, 3.8) is 0 Å². The summed E-state index contributed by atoms with van der Waals surface area (Å²) in [5.41, 5.74) is 0. The first-order valence-corrected chi connectivity index (χ1v) is 10.1. The van der Waals surface area contributed by atoms with Crippen LogP contribution in [0.4, 0.5) is 0 Å². The number of rotatable bonds is 18. The van der Waals surface area contributed by atoms with Crippen molar-refractivity contribution in [2.75, 3.05) is 0 Å². The highest BCUT2D eigenvalue weighted by atomic mass is 14.0. The molecule has 22 heavy (non-hydrogen) atoms. The second-order valence-electron chi connectivity index (χ2n) is 6.71. The first-order chi connectivity index (χ1) is 10.9. The zero-order valence-corrected chi connectivity index (χ0v) is 15.3. The highest BCUT2D eigenvalue weighted by Crippen LogP contribution is 2.14. The Hall–Kier alpha value is -0.260. The van der Waals surface area contributed by atoms with Gasteiger partial charge in [0.2, 0.25) is 0 Å². The molecule has 0 aliphatic rings. The molecular formula is C22H42. The van der Waals surface area contributed by atoms with Gasteiger partial charge in [-0.1, -0.05) is 115 Å². The standard InChI is InChI=1S/C22H42/c1-3-5-7-9-11-13-15-17-19-21-22-20-18-16-14-12-10-8-6-4-2/h5,7H,1-4,6,8-22H2. The average Bonchev–Trinajstić information content (AvgIpc) is 2.54. The number of hydrogen-bond acceptors (Lipinski definition) is 0. The third kappa shape index (κ3) is 19.7. The Balaban J connectivity index is 2.95. The van der Waals surface area contributed by atoms with Gasteiger partial charge < -0.3 is 0 Å². The lowest BCUT2D eigenvalue weighted by atomic mass is 10.0. The smallest absolute Gasteiger partial charge is 0.0351 e. The van der Waals surface area contributed by atoms with Crippen molar-refractivity contribution in [3.8, 4) is 0 Å². The molecule has 0 unspecified atom stereocenters. The molecule has 0 amide bonds. The highest BCUT2D eigenvalue weighted by Gasteiger charge is 1.94. The quantitative estimate of drug-likeness (QED) is 0.177. The van der Waals surface area contributed by atoms with Gasteiger partial charge in [0, 0.05) is 0 Å². The van der Waals surface area contributed by atoms with Crippen molar-refractivity contribution in [2.24, 2.45) is 0 Å². The summed E-state index contributed by atoms with van der Waals surface area (Å²) in [5.74, 6) is 0. The molecule has 0 heteroatoms. The molecule has 0 aliphatic carbocycles. The van der Waals surface area contributed by atoms with E-state index in [0.29, 0.717) is 0 Å². The summed E-state index contributed by atoms with van der Waals surface area (Å²) in [6.45, 7) is 7.71. The van der Waals surface area contributed by atoms with Gasteiger partial charge in [0.05, 0.1) is 0 Å². The lowest BCUT2D eigenvalue weighted by Gasteiger charge is -2.03. The van der Waals surface area contributed by atoms with Gasteiger partial charge in [-0.3, -0.25) is 0 Å². The van der Waals surface area contributed by atoms with E-state index >= 15 is 0 Å². The summed E-state index contributed by atoms with van der Waals surface area (Å²) in [7, 11) is 0. The highest BCUT2D eigenvalue weighted by molar-refractivity contribution is 4.81.